The zero-order chi connectivity index (χ0) is 18.0. The lowest BCUT2D eigenvalue weighted by Gasteiger charge is -2.14. The molecular weight excluding hydrogens is 336 g/mol. The average molecular weight is 358 g/mol. The third kappa shape index (κ3) is 4.48. The number of thioether (sulfide) groups is 1. The Morgan fingerprint density at radius 3 is 2.56 bits per heavy atom. The van der Waals surface area contributed by atoms with Crippen LogP contribution in [-0.4, -0.2) is 33.2 Å². The molecule has 1 aromatic heterocycles. The van der Waals surface area contributed by atoms with E-state index < -0.39 is 11.3 Å². The van der Waals surface area contributed by atoms with Crippen molar-refractivity contribution in [2.75, 3.05) is 0 Å². The number of urea groups is 1. The largest absolute Gasteiger partial charge is 0.336 e. The minimum Gasteiger partial charge on any atom is -0.336 e. The van der Waals surface area contributed by atoms with Crippen LogP contribution in [0.1, 0.15) is 45.4 Å². The summed E-state index contributed by atoms with van der Waals surface area (Å²) in [5.41, 5.74) is 0.895. The van der Waals surface area contributed by atoms with Gasteiger partial charge < -0.3 is 5.32 Å². The van der Waals surface area contributed by atoms with Crippen LogP contribution in [-0.2, 0) is 4.79 Å². The number of nitrogens with zero attached hydrogens (tertiary/aromatic N) is 2. The van der Waals surface area contributed by atoms with Gasteiger partial charge in [0, 0.05) is 17.3 Å². The van der Waals surface area contributed by atoms with Crippen LogP contribution >= 0.6 is 11.8 Å². The maximum absolute atomic E-state index is 12.3. The quantitative estimate of drug-likeness (QED) is 0.633. The Hall–Kier alpha value is -2.15. The summed E-state index contributed by atoms with van der Waals surface area (Å²) in [6.45, 7) is 5.46. The van der Waals surface area contributed by atoms with Crippen molar-refractivity contribution in [2.24, 2.45) is 0 Å². The van der Waals surface area contributed by atoms with Crippen molar-refractivity contribution in [2.45, 2.75) is 55.8 Å². The van der Waals surface area contributed by atoms with Crippen molar-refractivity contribution in [3.63, 3.8) is 0 Å². The van der Waals surface area contributed by atoms with Crippen LogP contribution in [0.25, 0.3) is 10.9 Å². The highest BCUT2D eigenvalue weighted by Crippen LogP contribution is 2.40. The molecule has 7 heteroatoms. The van der Waals surface area contributed by atoms with Gasteiger partial charge in [-0.3, -0.25) is 10.1 Å². The second-order valence-electron chi connectivity index (χ2n) is 6.56. The molecular formula is C18H22N4O2S. The molecule has 2 aromatic rings. The number of imide groups is 1. The number of benzene rings is 1. The first kappa shape index (κ1) is 17.7. The Kier molecular flexibility index (Phi) is 5.22. The molecule has 0 saturated heterocycles. The summed E-state index contributed by atoms with van der Waals surface area (Å²) in [5, 5.41) is 6.31. The highest BCUT2D eigenvalue weighted by atomic mass is 32.2. The van der Waals surface area contributed by atoms with E-state index in [1.807, 2.05) is 38.1 Å². The zero-order valence-corrected chi connectivity index (χ0v) is 15.4. The summed E-state index contributed by atoms with van der Waals surface area (Å²) >= 11 is 1.36. The van der Waals surface area contributed by atoms with Crippen molar-refractivity contribution in [1.82, 2.24) is 20.6 Å². The standard InChI is InChI=1S/C18H22N4O2S/c1-10(2)19-18(24)22-16(23)11(3)25-17-13-6-4-5-7-14(13)20-15(21-17)12-8-9-12/h4-7,10-12H,8-9H2,1-3H3,(H2,19,22,23,24). The fraction of sp³-hybridized carbons (Fsp3) is 0.444. The molecule has 1 heterocycles. The Bertz CT molecular complexity index is 805. The van der Waals surface area contributed by atoms with Crippen LogP contribution < -0.4 is 10.6 Å². The molecule has 1 atom stereocenters. The highest BCUT2D eigenvalue weighted by Gasteiger charge is 2.28. The SMILES string of the molecule is CC(C)NC(=O)NC(=O)C(C)Sc1nc(C2CC2)nc2ccccc12. The second-order valence-corrected chi connectivity index (χ2v) is 7.89. The van der Waals surface area contributed by atoms with Gasteiger partial charge in [0.2, 0.25) is 5.91 Å². The monoisotopic (exact) mass is 358 g/mol. The number of hydrogen-bond acceptors (Lipinski definition) is 5. The molecule has 0 bridgehead atoms. The van der Waals surface area contributed by atoms with Crippen molar-refractivity contribution in [3.05, 3.63) is 30.1 Å². The molecule has 3 rings (SSSR count). The molecule has 6 nitrogen and oxygen atoms in total. The minimum atomic E-state index is -0.473. The Labute approximate surface area is 151 Å². The van der Waals surface area contributed by atoms with Crippen LogP contribution in [0.4, 0.5) is 4.79 Å². The molecule has 1 fully saturated rings. The number of hydrogen-bond donors (Lipinski definition) is 2. The third-order valence-electron chi connectivity index (χ3n) is 3.84. The number of carbonyl (C=O) groups is 2. The molecule has 1 aliphatic rings. The normalized spacial score (nSPS) is 15.2. The fourth-order valence-corrected chi connectivity index (χ4v) is 3.36. The minimum absolute atomic E-state index is 0.0253. The first-order chi connectivity index (χ1) is 11.9. The van der Waals surface area contributed by atoms with Gasteiger partial charge in [0.25, 0.3) is 0 Å². The van der Waals surface area contributed by atoms with Crippen LogP contribution in [0.2, 0.25) is 0 Å². The number of nitrogens with one attached hydrogen (secondary N) is 2. The van der Waals surface area contributed by atoms with E-state index in [9.17, 15) is 9.59 Å². The zero-order valence-electron chi connectivity index (χ0n) is 14.6. The fourth-order valence-electron chi connectivity index (χ4n) is 2.41. The summed E-state index contributed by atoms with van der Waals surface area (Å²) in [5.74, 6) is 0.954. The molecule has 1 unspecified atom stereocenters. The van der Waals surface area contributed by atoms with Crippen molar-refractivity contribution in [3.8, 4) is 0 Å². The maximum Gasteiger partial charge on any atom is 0.321 e. The number of carbonyl (C=O) groups excluding carboxylic acids is 2. The van der Waals surface area contributed by atoms with Gasteiger partial charge in [-0.1, -0.05) is 30.0 Å². The topological polar surface area (TPSA) is 84.0 Å². The van der Waals surface area contributed by atoms with Gasteiger partial charge in [0.15, 0.2) is 0 Å². The summed E-state index contributed by atoms with van der Waals surface area (Å²) < 4.78 is 0. The lowest BCUT2D eigenvalue weighted by atomic mass is 10.2. The Balaban J connectivity index is 1.77. The van der Waals surface area contributed by atoms with E-state index in [4.69, 9.17) is 0 Å². The van der Waals surface area contributed by atoms with E-state index in [1.165, 1.54) is 11.8 Å². The lowest BCUT2D eigenvalue weighted by molar-refractivity contribution is -0.119. The molecule has 0 aliphatic heterocycles. The van der Waals surface area contributed by atoms with Crippen LogP contribution in [0, 0.1) is 0 Å². The van der Waals surface area contributed by atoms with E-state index in [0.717, 1.165) is 34.6 Å². The molecule has 1 saturated carbocycles. The molecule has 1 aromatic carbocycles. The van der Waals surface area contributed by atoms with Crippen molar-refractivity contribution < 1.29 is 9.59 Å². The Morgan fingerprint density at radius 2 is 1.88 bits per heavy atom. The summed E-state index contributed by atoms with van der Waals surface area (Å²) in [6.07, 6.45) is 2.24. The summed E-state index contributed by atoms with van der Waals surface area (Å²) in [4.78, 5) is 33.3. The molecule has 25 heavy (non-hydrogen) atoms. The summed E-state index contributed by atoms with van der Waals surface area (Å²) in [7, 11) is 0. The van der Waals surface area contributed by atoms with Gasteiger partial charge in [-0.05, 0) is 39.7 Å². The third-order valence-corrected chi connectivity index (χ3v) is 4.94. The number of aromatic nitrogens is 2. The molecule has 1 aliphatic carbocycles. The maximum atomic E-state index is 12.3. The van der Waals surface area contributed by atoms with Gasteiger partial charge in [-0.2, -0.15) is 0 Å². The molecule has 0 spiro atoms. The van der Waals surface area contributed by atoms with Crippen molar-refractivity contribution in [1.29, 1.82) is 0 Å². The van der Waals surface area contributed by atoms with E-state index in [2.05, 4.69) is 20.6 Å². The first-order valence-electron chi connectivity index (χ1n) is 8.48. The molecule has 2 N–H and O–H groups in total. The van der Waals surface area contributed by atoms with Crippen LogP contribution in [0.15, 0.2) is 29.3 Å². The van der Waals surface area contributed by atoms with E-state index >= 15 is 0 Å². The van der Waals surface area contributed by atoms with Gasteiger partial charge in [-0.15, -0.1) is 0 Å². The van der Waals surface area contributed by atoms with Gasteiger partial charge in [0.05, 0.1) is 10.8 Å². The van der Waals surface area contributed by atoms with Crippen molar-refractivity contribution >= 4 is 34.6 Å². The van der Waals surface area contributed by atoms with Crippen LogP contribution in [0.3, 0.4) is 0 Å². The van der Waals surface area contributed by atoms with E-state index in [-0.39, 0.29) is 11.9 Å². The molecule has 3 amide bonds. The lowest BCUT2D eigenvalue weighted by Crippen LogP contribution is -2.45. The van der Waals surface area contributed by atoms with Gasteiger partial charge in [0.1, 0.15) is 10.9 Å². The van der Waals surface area contributed by atoms with E-state index in [1.54, 1.807) is 6.92 Å². The average Bonchev–Trinajstić information content (AvgIpc) is 3.38. The van der Waals surface area contributed by atoms with E-state index in [0.29, 0.717) is 5.92 Å². The first-order valence-corrected chi connectivity index (χ1v) is 9.36. The number of fused-ring (bicyclic) bond motifs is 1. The number of rotatable bonds is 5. The second kappa shape index (κ2) is 7.39. The smallest absolute Gasteiger partial charge is 0.321 e. The molecule has 132 valence electrons. The molecule has 0 radical (unpaired) electrons. The van der Waals surface area contributed by atoms with Gasteiger partial charge >= 0.3 is 6.03 Å². The predicted octanol–water partition coefficient (Wildman–Crippen LogP) is 3.22. The van der Waals surface area contributed by atoms with Crippen LogP contribution in [0.5, 0.6) is 0 Å². The number of para-hydroxylation sites is 1. The highest BCUT2D eigenvalue weighted by molar-refractivity contribution is 8.00. The Morgan fingerprint density at radius 1 is 1.16 bits per heavy atom. The summed E-state index contributed by atoms with van der Waals surface area (Å²) in [6, 6.07) is 7.32. The van der Waals surface area contributed by atoms with Gasteiger partial charge in [-0.25, -0.2) is 14.8 Å². The number of amides is 3. The predicted molar refractivity (Wildman–Crippen MR) is 98.6 cm³/mol.